The maximum Gasteiger partial charge on any atom is 0.328 e. The van der Waals surface area contributed by atoms with Crippen LogP contribution in [0, 0.1) is 0 Å². The molecule has 24 heavy (non-hydrogen) atoms. The summed E-state index contributed by atoms with van der Waals surface area (Å²) in [5, 5.41) is 11.1. The van der Waals surface area contributed by atoms with Crippen LogP contribution in [0.3, 0.4) is 0 Å². The second-order valence-corrected chi connectivity index (χ2v) is 4.67. The predicted molar refractivity (Wildman–Crippen MR) is 89.3 cm³/mol. The second-order valence-electron chi connectivity index (χ2n) is 4.67. The van der Waals surface area contributed by atoms with E-state index < -0.39 is 11.9 Å². The highest BCUT2D eigenvalue weighted by molar-refractivity contribution is 6.03. The van der Waals surface area contributed by atoms with Gasteiger partial charge < -0.3 is 19.9 Å². The molecular weight excluding hydrogens is 310 g/mol. The van der Waals surface area contributed by atoms with Gasteiger partial charge in [-0.15, -0.1) is 0 Å². The minimum atomic E-state index is -1.19. The summed E-state index contributed by atoms with van der Waals surface area (Å²) < 4.78 is 11.1. The van der Waals surface area contributed by atoms with Gasteiger partial charge in [-0.2, -0.15) is 0 Å². The molecule has 1 amide bonds. The number of ether oxygens (including phenoxy) is 2. The maximum absolute atomic E-state index is 11.6. The molecule has 0 fully saturated rings. The van der Waals surface area contributed by atoms with E-state index in [1.54, 1.807) is 24.3 Å². The largest absolute Gasteiger partial charge is 0.490 e. The first-order chi connectivity index (χ1) is 11.6. The number of carbonyl (C=O) groups is 2. The Hall–Kier alpha value is -3.28. The Morgan fingerprint density at radius 2 is 1.58 bits per heavy atom. The topological polar surface area (TPSA) is 84.9 Å². The van der Waals surface area contributed by atoms with Crippen LogP contribution in [0.2, 0.25) is 0 Å². The lowest BCUT2D eigenvalue weighted by atomic mass is 10.3. The fraction of sp³-hybridized carbons (Fsp3) is 0.111. The smallest absolute Gasteiger partial charge is 0.328 e. The zero-order chi connectivity index (χ0) is 17.2. The summed E-state index contributed by atoms with van der Waals surface area (Å²) >= 11 is 0. The van der Waals surface area contributed by atoms with Crippen molar-refractivity contribution in [3.05, 3.63) is 66.7 Å². The van der Waals surface area contributed by atoms with Crippen molar-refractivity contribution in [2.24, 2.45) is 0 Å². The summed E-state index contributed by atoms with van der Waals surface area (Å²) in [6.45, 7) is 0.651. The molecule has 0 unspecified atom stereocenters. The Balaban J connectivity index is 1.86. The van der Waals surface area contributed by atoms with E-state index in [0.717, 1.165) is 17.9 Å². The molecular formula is C18H17NO5. The Kier molecular flexibility index (Phi) is 6.40. The van der Waals surface area contributed by atoms with E-state index in [1.807, 2.05) is 30.3 Å². The Labute approximate surface area is 139 Å². The van der Waals surface area contributed by atoms with Gasteiger partial charge in [0.25, 0.3) is 0 Å². The summed E-state index contributed by atoms with van der Waals surface area (Å²) in [5.74, 6) is -0.505. The first-order valence-corrected chi connectivity index (χ1v) is 7.27. The molecule has 0 atom stereocenters. The Morgan fingerprint density at radius 3 is 2.33 bits per heavy atom. The van der Waals surface area contributed by atoms with E-state index in [2.05, 4.69) is 5.32 Å². The van der Waals surface area contributed by atoms with Crippen LogP contribution in [-0.4, -0.2) is 30.2 Å². The number of benzene rings is 2. The number of carbonyl (C=O) groups excluding carboxylic acids is 1. The normalized spacial score (nSPS) is 10.3. The summed E-state index contributed by atoms with van der Waals surface area (Å²) in [6.07, 6.45) is 1.71. The zero-order valence-electron chi connectivity index (χ0n) is 12.8. The molecule has 2 rings (SSSR count). The molecule has 0 aliphatic rings. The number of amides is 1. The van der Waals surface area contributed by atoms with E-state index >= 15 is 0 Å². The molecule has 0 spiro atoms. The van der Waals surface area contributed by atoms with Gasteiger partial charge >= 0.3 is 5.97 Å². The van der Waals surface area contributed by atoms with E-state index in [0.29, 0.717) is 24.7 Å². The van der Waals surface area contributed by atoms with Gasteiger partial charge in [-0.3, -0.25) is 4.79 Å². The van der Waals surface area contributed by atoms with Gasteiger partial charge in [-0.05, 0) is 24.3 Å². The molecule has 0 aromatic heterocycles. The minimum Gasteiger partial charge on any atom is -0.490 e. The Morgan fingerprint density at radius 1 is 0.917 bits per heavy atom. The average molecular weight is 327 g/mol. The molecule has 2 N–H and O–H groups in total. The fourth-order valence-corrected chi connectivity index (χ4v) is 1.85. The number of aliphatic carboxylic acids is 1. The van der Waals surface area contributed by atoms with Crippen molar-refractivity contribution >= 4 is 17.6 Å². The first-order valence-electron chi connectivity index (χ1n) is 7.27. The van der Waals surface area contributed by atoms with Crippen LogP contribution in [0.1, 0.15) is 0 Å². The fourth-order valence-electron chi connectivity index (χ4n) is 1.85. The predicted octanol–water partition coefficient (Wildman–Crippen LogP) is 2.72. The van der Waals surface area contributed by atoms with Gasteiger partial charge in [-0.1, -0.05) is 30.3 Å². The molecule has 0 saturated heterocycles. The molecule has 0 bridgehead atoms. The van der Waals surface area contributed by atoms with Crippen LogP contribution in [-0.2, 0) is 9.59 Å². The van der Waals surface area contributed by atoms with Gasteiger partial charge in [0.1, 0.15) is 24.7 Å². The molecule has 2 aromatic carbocycles. The van der Waals surface area contributed by atoms with Crippen LogP contribution in [0.4, 0.5) is 5.69 Å². The van der Waals surface area contributed by atoms with E-state index in [4.69, 9.17) is 14.6 Å². The number of hydrogen-bond acceptors (Lipinski definition) is 4. The van der Waals surface area contributed by atoms with Crippen LogP contribution < -0.4 is 14.8 Å². The minimum absolute atomic E-state index is 0.298. The molecule has 2 aromatic rings. The average Bonchev–Trinajstić information content (AvgIpc) is 2.59. The number of para-hydroxylation sites is 3. The number of nitrogens with one attached hydrogen (secondary N) is 1. The van der Waals surface area contributed by atoms with Crippen LogP contribution in [0.5, 0.6) is 11.5 Å². The third-order valence-corrected chi connectivity index (χ3v) is 2.88. The number of carboxylic acids is 1. The standard InChI is InChI=1S/C18H17NO5/c20-17(10-11-18(21)22)19-15-8-4-5-9-16(15)24-13-12-23-14-6-2-1-3-7-14/h1-11H,12-13H2,(H,19,20)(H,21,22)/b11-10+. The van der Waals surface area contributed by atoms with Crippen molar-refractivity contribution < 1.29 is 24.2 Å². The van der Waals surface area contributed by atoms with Crippen LogP contribution >= 0.6 is 0 Å². The van der Waals surface area contributed by atoms with Crippen molar-refractivity contribution in [1.82, 2.24) is 0 Å². The molecule has 124 valence electrons. The van der Waals surface area contributed by atoms with Crippen LogP contribution in [0.15, 0.2) is 66.7 Å². The first kappa shape index (κ1) is 17.1. The summed E-state index contributed by atoms with van der Waals surface area (Å²) in [5.41, 5.74) is 0.456. The van der Waals surface area contributed by atoms with Crippen LogP contribution in [0.25, 0.3) is 0 Å². The molecule has 0 heterocycles. The highest BCUT2D eigenvalue weighted by Crippen LogP contribution is 2.23. The van der Waals surface area contributed by atoms with Crippen molar-refractivity contribution in [1.29, 1.82) is 0 Å². The quantitative estimate of drug-likeness (QED) is 0.575. The van der Waals surface area contributed by atoms with Gasteiger partial charge in [0.2, 0.25) is 5.91 Å². The zero-order valence-corrected chi connectivity index (χ0v) is 12.8. The number of anilines is 1. The molecule has 0 saturated carbocycles. The third kappa shape index (κ3) is 5.84. The Bertz CT molecular complexity index is 712. The monoisotopic (exact) mass is 327 g/mol. The SMILES string of the molecule is O=C(O)/C=C/C(=O)Nc1ccccc1OCCOc1ccccc1. The number of hydrogen-bond donors (Lipinski definition) is 2. The lowest BCUT2D eigenvalue weighted by Crippen LogP contribution is -2.13. The van der Waals surface area contributed by atoms with Gasteiger partial charge in [0.15, 0.2) is 0 Å². The van der Waals surface area contributed by atoms with Crippen molar-refractivity contribution in [3.63, 3.8) is 0 Å². The van der Waals surface area contributed by atoms with E-state index in [9.17, 15) is 9.59 Å². The number of rotatable bonds is 8. The summed E-state index contributed by atoms with van der Waals surface area (Å²) in [4.78, 5) is 22.1. The molecule has 6 heteroatoms. The summed E-state index contributed by atoms with van der Waals surface area (Å²) in [6, 6.07) is 16.3. The lowest BCUT2D eigenvalue weighted by molar-refractivity contribution is -0.131. The molecule has 0 aliphatic heterocycles. The maximum atomic E-state index is 11.6. The van der Waals surface area contributed by atoms with Gasteiger partial charge in [0.05, 0.1) is 5.69 Å². The highest BCUT2D eigenvalue weighted by atomic mass is 16.5. The molecule has 0 radical (unpaired) electrons. The summed E-state index contributed by atoms with van der Waals surface area (Å²) in [7, 11) is 0. The number of carboxylic acid groups (broad SMARTS) is 1. The van der Waals surface area contributed by atoms with Crippen molar-refractivity contribution in [2.45, 2.75) is 0 Å². The van der Waals surface area contributed by atoms with E-state index in [-0.39, 0.29) is 0 Å². The van der Waals surface area contributed by atoms with E-state index in [1.165, 1.54) is 0 Å². The molecule has 6 nitrogen and oxygen atoms in total. The highest BCUT2D eigenvalue weighted by Gasteiger charge is 2.06. The van der Waals surface area contributed by atoms with Gasteiger partial charge in [0, 0.05) is 12.2 Å². The van der Waals surface area contributed by atoms with Crippen molar-refractivity contribution in [2.75, 3.05) is 18.5 Å². The molecule has 0 aliphatic carbocycles. The van der Waals surface area contributed by atoms with Gasteiger partial charge in [-0.25, -0.2) is 4.79 Å². The van der Waals surface area contributed by atoms with Crippen molar-refractivity contribution in [3.8, 4) is 11.5 Å². The lowest BCUT2D eigenvalue weighted by Gasteiger charge is -2.12. The third-order valence-electron chi connectivity index (χ3n) is 2.88. The second kappa shape index (κ2) is 8.99.